The van der Waals surface area contributed by atoms with E-state index in [1.54, 1.807) is 0 Å². The highest BCUT2D eigenvalue weighted by Gasteiger charge is 2.07. The highest BCUT2D eigenvalue weighted by molar-refractivity contribution is 5.24. The Morgan fingerprint density at radius 1 is 1.21 bits per heavy atom. The molecule has 0 aliphatic rings. The lowest BCUT2D eigenvalue weighted by Gasteiger charge is -2.18. The van der Waals surface area contributed by atoms with Crippen LogP contribution in [0.5, 0.6) is 0 Å². The van der Waals surface area contributed by atoms with Crippen LogP contribution in [0.2, 0.25) is 0 Å². The van der Waals surface area contributed by atoms with Crippen LogP contribution in [0.4, 0.5) is 0 Å². The number of nitrogens with one attached hydrogen (secondary N) is 1. The molecule has 0 saturated carbocycles. The molecule has 0 amide bonds. The second kappa shape index (κ2) is 7.10. The van der Waals surface area contributed by atoms with E-state index in [4.69, 9.17) is 0 Å². The van der Waals surface area contributed by atoms with Crippen molar-refractivity contribution in [2.45, 2.75) is 39.3 Å². The molecule has 1 heterocycles. The van der Waals surface area contributed by atoms with Gasteiger partial charge in [0.25, 0.3) is 0 Å². The number of aromatic nitrogens is 2. The van der Waals surface area contributed by atoms with Crippen LogP contribution < -0.4 is 5.32 Å². The maximum absolute atomic E-state index is 4.21. The minimum Gasteiger partial charge on any atom is -0.308 e. The summed E-state index contributed by atoms with van der Waals surface area (Å²) in [4.78, 5) is 0. The number of nitrogens with zero attached hydrogens (tertiary/aromatic N) is 2. The van der Waals surface area contributed by atoms with Gasteiger partial charge in [-0.2, -0.15) is 5.10 Å². The Labute approximate surface area is 115 Å². The van der Waals surface area contributed by atoms with E-state index in [1.165, 1.54) is 11.1 Å². The Morgan fingerprint density at radius 3 is 2.58 bits per heavy atom. The average molecular weight is 257 g/mol. The van der Waals surface area contributed by atoms with Crippen molar-refractivity contribution in [2.24, 2.45) is 0 Å². The van der Waals surface area contributed by atoms with Gasteiger partial charge in [-0.1, -0.05) is 38.1 Å². The zero-order valence-electron chi connectivity index (χ0n) is 11.8. The van der Waals surface area contributed by atoms with Gasteiger partial charge in [-0.05, 0) is 30.0 Å². The van der Waals surface area contributed by atoms with Gasteiger partial charge in [0.1, 0.15) is 0 Å². The summed E-state index contributed by atoms with van der Waals surface area (Å²) in [5.41, 5.74) is 2.77. The monoisotopic (exact) mass is 257 g/mol. The summed E-state index contributed by atoms with van der Waals surface area (Å²) in [6.07, 6.45) is 6.02. The van der Waals surface area contributed by atoms with Gasteiger partial charge in [0.2, 0.25) is 0 Å². The molecule has 1 atom stereocenters. The van der Waals surface area contributed by atoms with E-state index in [0.717, 1.165) is 25.9 Å². The second-order valence-corrected chi connectivity index (χ2v) is 4.78. The molecule has 1 unspecified atom stereocenters. The third-order valence-corrected chi connectivity index (χ3v) is 3.49. The normalized spacial score (nSPS) is 12.5. The Bertz CT molecular complexity index is 459. The van der Waals surface area contributed by atoms with E-state index in [0.29, 0.717) is 6.04 Å². The highest BCUT2D eigenvalue weighted by atomic mass is 15.3. The zero-order valence-corrected chi connectivity index (χ0v) is 11.8. The molecule has 0 aliphatic heterocycles. The maximum Gasteiger partial charge on any atom is 0.0534 e. The summed E-state index contributed by atoms with van der Waals surface area (Å²) in [5.74, 6) is 0. The Kier molecular flexibility index (Phi) is 5.16. The Balaban J connectivity index is 1.88. The molecule has 0 saturated heterocycles. The number of hydrogen-bond acceptors (Lipinski definition) is 2. The van der Waals surface area contributed by atoms with Crippen molar-refractivity contribution >= 4 is 0 Å². The quantitative estimate of drug-likeness (QED) is 0.825. The fourth-order valence-electron chi connectivity index (χ4n) is 2.27. The molecule has 1 aromatic heterocycles. The van der Waals surface area contributed by atoms with E-state index in [-0.39, 0.29) is 0 Å². The highest BCUT2D eigenvalue weighted by Crippen LogP contribution is 2.17. The number of benzene rings is 1. The fourth-order valence-corrected chi connectivity index (χ4v) is 2.27. The summed E-state index contributed by atoms with van der Waals surface area (Å²) in [6.45, 7) is 6.26. The first-order valence-corrected chi connectivity index (χ1v) is 7.13. The van der Waals surface area contributed by atoms with Gasteiger partial charge in [0, 0.05) is 25.0 Å². The van der Waals surface area contributed by atoms with Crippen molar-refractivity contribution in [1.29, 1.82) is 0 Å². The number of aryl methyl sites for hydroxylation is 1. The molecular formula is C16H23N3. The standard InChI is InChI=1S/C16H23N3/c1-3-14-6-8-15(9-7-14)16(4-2)17-11-13-19-12-5-10-18-19/h5-10,12,16-17H,3-4,11,13H2,1-2H3. The first kappa shape index (κ1) is 13.8. The second-order valence-electron chi connectivity index (χ2n) is 4.78. The SMILES string of the molecule is CCc1ccc(C(CC)NCCn2cccn2)cc1. The van der Waals surface area contributed by atoms with Crippen molar-refractivity contribution in [2.75, 3.05) is 6.54 Å². The van der Waals surface area contributed by atoms with Gasteiger partial charge in [-0.3, -0.25) is 4.68 Å². The van der Waals surface area contributed by atoms with E-state index in [1.807, 2.05) is 23.1 Å². The van der Waals surface area contributed by atoms with Crippen LogP contribution in [0.1, 0.15) is 37.4 Å². The van der Waals surface area contributed by atoms with E-state index in [2.05, 4.69) is 48.5 Å². The van der Waals surface area contributed by atoms with Crippen LogP contribution in [0.25, 0.3) is 0 Å². The molecule has 1 aromatic carbocycles. The summed E-state index contributed by atoms with van der Waals surface area (Å²) in [5, 5.41) is 7.81. The number of hydrogen-bond donors (Lipinski definition) is 1. The molecular weight excluding hydrogens is 234 g/mol. The minimum atomic E-state index is 0.432. The third-order valence-electron chi connectivity index (χ3n) is 3.49. The molecule has 0 bridgehead atoms. The molecule has 1 N–H and O–H groups in total. The first-order chi connectivity index (χ1) is 9.33. The van der Waals surface area contributed by atoms with Gasteiger partial charge in [-0.25, -0.2) is 0 Å². The molecule has 3 heteroatoms. The lowest BCUT2D eigenvalue weighted by atomic mass is 10.0. The first-order valence-electron chi connectivity index (χ1n) is 7.13. The Hall–Kier alpha value is -1.61. The molecule has 3 nitrogen and oxygen atoms in total. The van der Waals surface area contributed by atoms with E-state index in [9.17, 15) is 0 Å². The maximum atomic E-state index is 4.21. The van der Waals surface area contributed by atoms with Crippen molar-refractivity contribution in [1.82, 2.24) is 15.1 Å². The zero-order chi connectivity index (χ0) is 13.5. The van der Waals surface area contributed by atoms with Gasteiger partial charge < -0.3 is 5.32 Å². The van der Waals surface area contributed by atoms with Crippen LogP contribution in [-0.4, -0.2) is 16.3 Å². The predicted octanol–water partition coefficient (Wildman–Crippen LogP) is 3.19. The Morgan fingerprint density at radius 2 is 2.00 bits per heavy atom. The predicted molar refractivity (Wildman–Crippen MR) is 79.1 cm³/mol. The van der Waals surface area contributed by atoms with Crippen LogP contribution in [-0.2, 0) is 13.0 Å². The minimum absolute atomic E-state index is 0.432. The van der Waals surface area contributed by atoms with E-state index < -0.39 is 0 Å². The summed E-state index contributed by atoms with van der Waals surface area (Å²) < 4.78 is 1.96. The van der Waals surface area contributed by atoms with Gasteiger partial charge in [0.05, 0.1) is 6.54 Å². The smallest absolute Gasteiger partial charge is 0.0534 e. The molecule has 2 aromatic rings. The summed E-state index contributed by atoms with van der Waals surface area (Å²) >= 11 is 0. The molecule has 19 heavy (non-hydrogen) atoms. The van der Waals surface area contributed by atoms with Gasteiger partial charge in [-0.15, -0.1) is 0 Å². The summed E-state index contributed by atoms with van der Waals surface area (Å²) in [6, 6.07) is 11.3. The topological polar surface area (TPSA) is 29.9 Å². The summed E-state index contributed by atoms with van der Waals surface area (Å²) in [7, 11) is 0. The lowest BCUT2D eigenvalue weighted by Crippen LogP contribution is -2.25. The van der Waals surface area contributed by atoms with Gasteiger partial charge >= 0.3 is 0 Å². The largest absolute Gasteiger partial charge is 0.308 e. The van der Waals surface area contributed by atoms with Crippen molar-refractivity contribution in [3.63, 3.8) is 0 Å². The van der Waals surface area contributed by atoms with Gasteiger partial charge in [0.15, 0.2) is 0 Å². The molecule has 102 valence electrons. The van der Waals surface area contributed by atoms with Crippen molar-refractivity contribution in [3.8, 4) is 0 Å². The van der Waals surface area contributed by atoms with E-state index >= 15 is 0 Å². The average Bonchev–Trinajstić information content (AvgIpc) is 2.97. The van der Waals surface area contributed by atoms with Crippen LogP contribution >= 0.6 is 0 Å². The number of rotatable bonds is 7. The molecule has 0 aliphatic carbocycles. The molecule has 2 rings (SSSR count). The molecule has 0 spiro atoms. The van der Waals surface area contributed by atoms with Crippen molar-refractivity contribution < 1.29 is 0 Å². The van der Waals surface area contributed by atoms with Crippen LogP contribution in [0, 0.1) is 0 Å². The third kappa shape index (κ3) is 3.93. The fraction of sp³-hybridized carbons (Fsp3) is 0.438. The molecule has 0 fully saturated rings. The molecule has 0 radical (unpaired) electrons. The van der Waals surface area contributed by atoms with Crippen molar-refractivity contribution in [3.05, 3.63) is 53.9 Å². The van der Waals surface area contributed by atoms with Crippen LogP contribution in [0.15, 0.2) is 42.7 Å². The lowest BCUT2D eigenvalue weighted by molar-refractivity contribution is 0.476. The van der Waals surface area contributed by atoms with Crippen LogP contribution in [0.3, 0.4) is 0 Å².